The van der Waals surface area contributed by atoms with Crippen molar-refractivity contribution in [2.75, 3.05) is 5.32 Å². The molecule has 2 N–H and O–H groups in total. The first-order valence-corrected chi connectivity index (χ1v) is 5.87. The van der Waals surface area contributed by atoms with Crippen LogP contribution in [0.5, 0.6) is 0 Å². The molecule has 1 amide bonds. The Morgan fingerprint density at radius 2 is 2.22 bits per heavy atom. The van der Waals surface area contributed by atoms with Gasteiger partial charge in [-0.25, -0.2) is 0 Å². The number of anilines is 1. The van der Waals surface area contributed by atoms with Gasteiger partial charge in [-0.3, -0.25) is 14.9 Å². The molecule has 2 rings (SSSR count). The molecule has 0 heterocycles. The zero-order valence-electron chi connectivity index (χ0n) is 10.1. The van der Waals surface area contributed by atoms with Gasteiger partial charge in [0, 0.05) is 23.9 Å². The van der Waals surface area contributed by atoms with Crippen LogP contribution in [-0.4, -0.2) is 22.9 Å². The molecular weight excluding hydrogens is 234 g/mol. The molecule has 1 aromatic rings. The summed E-state index contributed by atoms with van der Waals surface area (Å²) in [6.45, 7) is 1.78. The van der Waals surface area contributed by atoms with Crippen molar-refractivity contribution in [3.63, 3.8) is 0 Å². The smallest absolute Gasteiger partial charge is 0.271 e. The molecule has 0 aliphatic heterocycles. The minimum absolute atomic E-state index is 0.0318. The second-order valence-electron chi connectivity index (χ2n) is 4.46. The monoisotopic (exact) mass is 249 g/mol. The highest BCUT2D eigenvalue weighted by atomic mass is 16.6. The predicted octanol–water partition coefficient (Wildman–Crippen LogP) is 1.67. The Morgan fingerprint density at radius 1 is 1.50 bits per heavy atom. The number of nitrogens with one attached hydrogen (secondary N) is 2. The van der Waals surface area contributed by atoms with Crippen molar-refractivity contribution < 1.29 is 9.72 Å². The Kier molecular flexibility index (Phi) is 3.57. The molecule has 6 nitrogen and oxygen atoms in total. The molecule has 6 heteroatoms. The van der Waals surface area contributed by atoms with Crippen LogP contribution in [0.4, 0.5) is 11.4 Å². The number of carbonyl (C=O) groups is 1. The van der Waals surface area contributed by atoms with E-state index >= 15 is 0 Å². The molecule has 96 valence electrons. The molecule has 1 atom stereocenters. The third-order valence-corrected chi connectivity index (χ3v) is 2.78. The van der Waals surface area contributed by atoms with Crippen molar-refractivity contribution in [1.82, 2.24) is 5.32 Å². The predicted molar refractivity (Wildman–Crippen MR) is 67.3 cm³/mol. The fourth-order valence-corrected chi connectivity index (χ4v) is 1.63. The van der Waals surface area contributed by atoms with Crippen LogP contribution < -0.4 is 10.6 Å². The fourth-order valence-electron chi connectivity index (χ4n) is 1.63. The van der Waals surface area contributed by atoms with Gasteiger partial charge in [0.05, 0.1) is 11.0 Å². The van der Waals surface area contributed by atoms with Gasteiger partial charge in [0.2, 0.25) is 5.91 Å². The third-order valence-electron chi connectivity index (χ3n) is 2.78. The van der Waals surface area contributed by atoms with E-state index in [-0.39, 0.29) is 17.6 Å². The number of carbonyl (C=O) groups excluding carboxylic acids is 1. The standard InChI is InChI=1S/C12H15N3O3/c1-8(13-9-5-6-9)12(16)14-10-3-2-4-11(7-10)15(17)18/h2-4,7-9,13H,5-6H2,1H3,(H,14,16). The quantitative estimate of drug-likeness (QED) is 0.614. The van der Waals surface area contributed by atoms with Gasteiger partial charge < -0.3 is 10.6 Å². The zero-order chi connectivity index (χ0) is 13.1. The van der Waals surface area contributed by atoms with E-state index in [1.165, 1.54) is 12.1 Å². The molecule has 1 fully saturated rings. The van der Waals surface area contributed by atoms with Crippen molar-refractivity contribution in [3.05, 3.63) is 34.4 Å². The second-order valence-corrected chi connectivity index (χ2v) is 4.46. The fraction of sp³-hybridized carbons (Fsp3) is 0.417. The number of rotatable bonds is 5. The van der Waals surface area contributed by atoms with Gasteiger partial charge in [0.15, 0.2) is 0 Å². The summed E-state index contributed by atoms with van der Waals surface area (Å²) >= 11 is 0. The number of nitrogens with zero attached hydrogens (tertiary/aromatic N) is 1. The number of hydrogen-bond acceptors (Lipinski definition) is 4. The van der Waals surface area contributed by atoms with Crippen LogP contribution in [0.2, 0.25) is 0 Å². The van der Waals surface area contributed by atoms with E-state index in [0.29, 0.717) is 11.7 Å². The molecule has 1 aliphatic carbocycles. The number of non-ortho nitro benzene ring substituents is 1. The molecular formula is C12H15N3O3. The van der Waals surface area contributed by atoms with Crippen molar-refractivity contribution in [2.45, 2.75) is 31.8 Å². The Balaban J connectivity index is 1.97. The van der Waals surface area contributed by atoms with Crippen LogP contribution in [-0.2, 0) is 4.79 Å². The van der Waals surface area contributed by atoms with E-state index in [2.05, 4.69) is 10.6 Å². The summed E-state index contributed by atoms with van der Waals surface area (Å²) in [6.07, 6.45) is 2.21. The molecule has 1 unspecified atom stereocenters. The lowest BCUT2D eigenvalue weighted by Gasteiger charge is -2.13. The van der Waals surface area contributed by atoms with Crippen LogP contribution >= 0.6 is 0 Å². The van der Waals surface area contributed by atoms with Crippen molar-refractivity contribution in [3.8, 4) is 0 Å². The average molecular weight is 249 g/mol. The lowest BCUT2D eigenvalue weighted by Crippen LogP contribution is -2.39. The van der Waals surface area contributed by atoms with E-state index in [9.17, 15) is 14.9 Å². The summed E-state index contributed by atoms with van der Waals surface area (Å²) in [5.74, 6) is -0.178. The number of nitro groups is 1. The molecule has 1 aliphatic rings. The summed E-state index contributed by atoms with van der Waals surface area (Å²) in [5, 5.41) is 16.4. The molecule has 0 radical (unpaired) electrons. The van der Waals surface area contributed by atoms with Crippen LogP contribution in [0, 0.1) is 10.1 Å². The number of benzene rings is 1. The van der Waals surface area contributed by atoms with Crippen molar-refractivity contribution >= 4 is 17.3 Å². The highest BCUT2D eigenvalue weighted by Crippen LogP contribution is 2.20. The molecule has 1 saturated carbocycles. The maximum Gasteiger partial charge on any atom is 0.271 e. The Morgan fingerprint density at radius 3 is 2.83 bits per heavy atom. The van der Waals surface area contributed by atoms with Crippen LogP contribution in [0.25, 0.3) is 0 Å². The Hall–Kier alpha value is -1.95. The summed E-state index contributed by atoms with van der Waals surface area (Å²) in [6, 6.07) is 6.07. The molecule has 0 saturated heterocycles. The minimum Gasteiger partial charge on any atom is -0.324 e. The van der Waals surface area contributed by atoms with E-state index in [0.717, 1.165) is 12.8 Å². The summed E-state index contributed by atoms with van der Waals surface area (Å²) < 4.78 is 0. The van der Waals surface area contributed by atoms with Crippen LogP contribution in [0.1, 0.15) is 19.8 Å². The van der Waals surface area contributed by atoms with Crippen LogP contribution in [0.3, 0.4) is 0 Å². The topological polar surface area (TPSA) is 84.3 Å². The molecule has 0 spiro atoms. The maximum atomic E-state index is 11.8. The largest absolute Gasteiger partial charge is 0.324 e. The molecule has 1 aromatic carbocycles. The normalized spacial score (nSPS) is 16.1. The first-order valence-electron chi connectivity index (χ1n) is 5.87. The summed E-state index contributed by atoms with van der Waals surface area (Å²) in [7, 11) is 0. The average Bonchev–Trinajstić information content (AvgIpc) is 3.13. The second kappa shape index (κ2) is 5.14. The first-order chi connectivity index (χ1) is 8.56. The maximum absolute atomic E-state index is 11.8. The van der Waals surface area contributed by atoms with Gasteiger partial charge >= 0.3 is 0 Å². The third kappa shape index (κ3) is 3.27. The number of hydrogen-bond donors (Lipinski definition) is 2. The highest BCUT2D eigenvalue weighted by Gasteiger charge is 2.25. The molecule has 0 bridgehead atoms. The van der Waals surface area contributed by atoms with E-state index in [1.54, 1.807) is 19.1 Å². The molecule has 0 aromatic heterocycles. The number of nitro benzene ring substituents is 1. The van der Waals surface area contributed by atoms with E-state index in [1.807, 2.05) is 0 Å². The Bertz CT molecular complexity index is 471. The van der Waals surface area contributed by atoms with Crippen molar-refractivity contribution in [1.29, 1.82) is 0 Å². The SMILES string of the molecule is CC(NC1CC1)C(=O)Nc1cccc([N+](=O)[O-])c1. The zero-order valence-corrected chi connectivity index (χ0v) is 10.1. The minimum atomic E-state index is -0.485. The lowest BCUT2D eigenvalue weighted by atomic mass is 10.2. The summed E-state index contributed by atoms with van der Waals surface area (Å²) in [5.41, 5.74) is 0.411. The summed E-state index contributed by atoms with van der Waals surface area (Å²) in [4.78, 5) is 21.9. The van der Waals surface area contributed by atoms with E-state index < -0.39 is 4.92 Å². The van der Waals surface area contributed by atoms with Gasteiger partial charge in [0.25, 0.3) is 5.69 Å². The van der Waals surface area contributed by atoms with Gasteiger partial charge in [-0.15, -0.1) is 0 Å². The highest BCUT2D eigenvalue weighted by molar-refractivity contribution is 5.94. The van der Waals surface area contributed by atoms with Crippen molar-refractivity contribution in [2.24, 2.45) is 0 Å². The van der Waals surface area contributed by atoms with Gasteiger partial charge in [-0.1, -0.05) is 6.07 Å². The number of amides is 1. The van der Waals surface area contributed by atoms with Gasteiger partial charge in [-0.2, -0.15) is 0 Å². The lowest BCUT2D eigenvalue weighted by molar-refractivity contribution is -0.384. The van der Waals surface area contributed by atoms with E-state index in [4.69, 9.17) is 0 Å². The molecule has 18 heavy (non-hydrogen) atoms. The van der Waals surface area contributed by atoms with Crippen LogP contribution in [0.15, 0.2) is 24.3 Å². The van der Waals surface area contributed by atoms with Gasteiger partial charge in [-0.05, 0) is 25.8 Å². The first kappa shape index (κ1) is 12.5. The Labute approximate surface area is 105 Å². The van der Waals surface area contributed by atoms with Gasteiger partial charge in [0.1, 0.15) is 0 Å².